The van der Waals surface area contributed by atoms with E-state index in [2.05, 4.69) is 47.2 Å². The number of aromatic nitrogens is 2. The van der Waals surface area contributed by atoms with Gasteiger partial charge in [-0.05, 0) is 48.8 Å². The van der Waals surface area contributed by atoms with Crippen LogP contribution in [-0.2, 0) is 0 Å². The van der Waals surface area contributed by atoms with Crippen molar-refractivity contribution in [2.24, 2.45) is 0 Å². The first-order valence-electron chi connectivity index (χ1n) is 8.83. The van der Waals surface area contributed by atoms with Gasteiger partial charge < -0.3 is 14.5 Å². The largest absolute Gasteiger partial charge is 0.497 e. The van der Waals surface area contributed by atoms with Crippen LogP contribution in [-0.4, -0.2) is 24.2 Å². The third-order valence-corrected chi connectivity index (χ3v) is 4.52. The van der Waals surface area contributed by atoms with Gasteiger partial charge in [-0.15, -0.1) is 0 Å². The average molecular weight is 360 g/mol. The summed E-state index contributed by atoms with van der Waals surface area (Å²) >= 11 is 0. The van der Waals surface area contributed by atoms with Gasteiger partial charge >= 0.3 is 0 Å². The average Bonchev–Trinajstić information content (AvgIpc) is 3.20. The molecule has 1 N–H and O–H groups in total. The molecule has 3 aromatic rings. The number of hydrogen-bond donors (Lipinski definition) is 1. The molecule has 0 radical (unpaired) electrons. The summed E-state index contributed by atoms with van der Waals surface area (Å²) in [5, 5.41) is 0. The van der Waals surface area contributed by atoms with Crippen LogP contribution in [0, 0.1) is 0 Å². The molecule has 0 spiro atoms. The Morgan fingerprint density at radius 1 is 1.00 bits per heavy atom. The highest BCUT2D eigenvalue weighted by Gasteiger charge is 2.07. The van der Waals surface area contributed by atoms with Gasteiger partial charge in [-0.1, -0.05) is 36.4 Å². The Hall–Kier alpha value is -3.27. The smallest absolute Gasteiger partial charge is 0.130 e. The molecule has 1 heterocycles. The predicted molar refractivity (Wildman–Crippen MR) is 112 cm³/mol. The molecule has 0 saturated heterocycles. The zero-order valence-electron chi connectivity index (χ0n) is 16.1. The lowest BCUT2D eigenvalue weighted by Crippen LogP contribution is -1.90. The standard InChI is InChI=1S/C23H24N2O2/c1-5-16(2)21-15-24-23(25-21)13-8-17-6-9-18(10-7-17)20-12-11-19(26-3)14-22(20)27-4/h5-15H,1-4H3,(H,24,25)/b13-8+,16-5+. The van der Waals surface area contributed by atoms with Gasteiger partial charge in [0.05, 0.1) is 26.1 Å². The summed E-state index contributed by atoms with van der Waals surface area (Å²) < 4.78 is 10.8. The van der Waals surface area contributed by atoms with E-state index in [1.165, 1.54) is 5.57 Å². The summed E-state index contributed by atoms with van der Waals surface area (Å²) in [6.45, 7) is 4.08. The molecule has 0 bridgehead atoms. The topological polar surface area (TPSA) is 47.1 Å². The number of nitrogens with zero attached hydrogens (tertiary/aromatic N) is 1. The molecule has 3 rings (SSSR count). The van der Waals surface area contributed by atoms with E-state index in [4.69, 9.17) is 9.47 Å². The van der Waals surface area contributed by atoms with Gasteiger partial charge in [0.2, 0.25) is 0 Å². The van der Waals surface area contributed by atoms with Crippen molar-refractivity contribution in [3.8, 4) is 22.6 Å². The fourth-order valence-corrected chi connectivity index (χ4v) is 2.76. The van der Waals surface area contributed by atoms with E-state index in [1.54, 1.807) is 14.2 Å². The highest BCUT2D eigenvalue weighted by atomic mass is 16.5. The van der Waals surface area contributed by atoms with Crippen molar-refractivity contribution in [2.75, 3.05) is 14.2 Å². The predicted octanol–water partition coefficient (Wildman–Crippen LogP) is 5.69. The number of benzene rings is 2. The van der Waals surface area contributed by atoms with E-state index in [9.17, 15) is 0 Å². The minimum atomic E-state index is 0.779. The van der Waals surface area contributed by atoms with E-state index >= 15 is 0 Å². The van der Waals surface area contributed by atoms with E-state index < -0.39 is 0 Å². The summed E-state index contributed by atoms with van der Waals surface area (Å²) in [6.07, 6.45) is 7.94. The zero-order chi connectivity index (χ0) is 19.2. The number of allylic oxidation sites excluding steroid dienone is 2. The first-order valence-corrected chi connectivity index (χ1v) is 8.83. The monoisotopic (exact) mass is 360 g/mol. The maximum atomic E-state index is 5.50. The minimum absolute atomic E-state index is 0.779. The third-order valence-electron chi connectivity index (χ3n) is 4.52. The Kier molecular flexibility index (Phi) is 5.77. The number of H-pyrrole nitrogens is 1. The van der Waals surface area contributed by atoms with Crippen LogP contribution in [0.15, 0.2) is 54.7 Å². The fourth-order valence-electron chi connectivity index (χ4n) is 2.76. The third kappa shape index (κ3) is 4.29. The number of nitrogens with one attached hydrogen (secondary N) is 1. The molecule has 0 aliphatic carbocycles. The van der Waals surface area contributed by atoms with Gasteiger partial charge in [-0.2, -0.15) is 0 Å². The summed E-state index contributed by atoms with van der Waals surface area (Å²) in [5.74, 6) is 2.41. The first-order chi connectivity index (χ1) is 13.1. The van der Waals surface area contributed by atoms with E-state index in [1.807, 2.05) is 43.5 Å². The number of hydrogen-bond acceptors (Lipinski definition) is 3. The Labute approximate surface area is 160 Å². The van der Waals surface area contributed by atoms with Crippen LogP contribution in [0.1, 0.15) is 30.9 Å². The molecule has 0 unspecified atom stereocenters. The number of aromatic amines is 1. The van der Waals surface area contributed by atoms with Crippen molar-refractivity contribution in [1.29, 1.82) is 0 Å². The number of methoxy groups -OCH3 is 2. The summed E-state index contributed by atoms with van der Waals surface area (Å²) in [4.78, 5) is 7.70. The van der Waals surface area contributed by atoms with Gasteiger partial charge in [0, 0.05) is 11.6 Å². The molecular weight excluding hydrogens is 336 g/mol. The zero-order valence-corrected chi connectivity index (χ0v) is 16.1. The summed E-state index contributed by atoms with van der Waals surface area (Å²) in [6, 6.07) is 14.2. The van der Waals surface area contributed by atoms with Gasteiger partial charge in [-0.25, -0.2) is 4.98 Å². The van der Waals surface area contributed by atoms with E-state index in [0.717, 1.165) is 39.7 Å². The Balaban J connectivity index is 1.79. The van der Waals surface area contributed by atoms with Crippen molar-refractivity contribution in [1.82, 2.24) is 9.97 Å². The maximum Gasteiger partial charge on any atom is 0.130 e. The Morgan fingerprint density at radius 2 is 1.78 bits per heavy atom. The molecule has 0 aliphatic heterocycles. The van der Waals surface area contributed by atoms with Crippen molar-refractivity contribution in [2.45, 2.75) is 13.8 Å². The van der Waals surface area contributed by atoms with Gasteiger partial charge in [0.25, 0.3) is 0 Å². The van der Waals surface area contributed by atoms with Crippen LogP contribution in [0.2, 0.25) is 0 Å². The highest BCUT2D eigenvalue weighted by molar-refractivity contribution is 5.74. The lowest BCUT2D eigenvalue weighted by atomic mass is 10.0. The molecule has 2 aromatic carbocycles. The summed E-state index contributed by atoms with van der Waals surface area (Å²) in [5.41, 5.74) is 5.45. The molecule has 27 heavy (non-hydrogen) atoms. The van der Waals surface area contributed by atoms with Crippen molar-refractivity contribution in [3.05, 3.63) is 71.8 Å². The number of ether oxygens (including phenoxy) is 2. The van der Waals surface area contributed by atoms with Gasteiger partial charge in [0.1, 0.15) is 17.3 Å². The van der Waals surface area contributed by atoms with Crippen LogP contribution < -0.4 is 9.47 Å². The molecule has 4 nitrogen and oxygen atoms in total. The maximum absolute atomic E-state index is 5.50. The second-order valence-corrected chi connectivity index (χ2v) is 6.18. The molecule has 0 aliphatic rings. The molecule has 0 saturated carbocycles. The van der Waals surface area contributed by atoms with Crippen molar-refractivity contribution >= 4 is 17.7 Å². The Bertz CT molecular complexity index is 966. The lowest BCUT2D eigenvalue weighted by molar-refractivity contribution is 0.395. The lowest BCUT2D eigenvalue weighted by Gasteiger charge is -2.10. The quantitative estimate of drug-likeness (QED) is 0.614. The second-order valence-electron chi connectivity index (χ2n) is 6.18. The highest BCUT2D eigenvalue weighted by Crippen LogP contribution is 2.33. The van der Waals surface area contributed by atoms with Crippen LogP contribution in [0.3, 0.4) is 0 Å². The molecule has 0 fully saturated rings. The molecule has 138 valence electrons. The van der Waals surface area contributed by atoms with Crippen LogP contribution >= 0.6 is 0 Å². The molecular formula is C23H24N2O2. The van der Waals surface area contributed by atoms with Crippen LogP contribution in [0.25, 0.3) is 28.9 Å². The van der Waals surface area contributed by atoms with Crippen molar-refractivity contribution in [3.63, 3.8) is 0 Å². The van der Waals surface area contributed by atoms with E-state index in [0.29, 0.717) is 0 Å². The Morgan fingerprint density at radius 3 is 2.44 bits per heavy atom. The molecule has 0 amide bonds. The van der Waals surface area contributed by atoms with Crippen molar-refractivity contribution < 1.29 is 9.47 Å². The fraction of sp³-hybridized carbons (Fsp3) is 0.174. The molecule has 4 heteroatoms. The molecule has 1 aromatic heterocycles. The van der Waals surface area contributed by atoms with Gasteiger partial charge in [-0.3, -0.25) is 0 Å². The van der Waals surface area contributed by atoms with Crippen LogP contribution in [0.4, 0.5) is 0 Å². The second kappa shape index (κ2) is 8.41. The summed E-state index contributed by atoms with van der Waals surface area (Å²) in [7, 11) is 3.32. The number of rotatable bonds is 6. The first kappa shape index (κ1) is 18.5. The van der Waals surface area contributed by atoms with E-state index in [-0.39, 0.29) is 0 Å². The molecule has 0 atom stereocenters. The SMILES string of the molecule is C/C=C(\C)c1cnc(/C=C/c2ccc(-c3ccc(OC)cc3OC)cc2)[nH]1. The minimum Gasteiger partial charge on any atom is -0.497 e. The number of imidazole rings is 1. The van der Waals surface area contributed by atoms with Gasteiger partial charge in [0.15, 0.2) is 0 Å². The van der Waals surface area contributed by atoms with Crippen LogP contribution in [0.5, 0.6) is 11.5 Å². The normalized spacial score (nSPS) is 11.8.